The first-order valence-corrected chi connectivity index (χ1v) is 9.67. The van der Waals surface area contributed by atoms with Gasteiger partial charge in [-0.05, 0) is 36.2 Å². The average molecular weight is 400 g/mol. The molecule has 0 fully saturated rings. The highest BCUT2D eigenvalue weighted by Gasteiger charge is 2.08. The van der Waals surface area contributed by atoms with Crippen molar-refractivity contribution in [3.8, 4) is 0 Å². The van der Waals surface area contributed by atoms with Crippen LogP contribution in [0.2, 0.25) is 0 Å². The van der Waals surface area contributed by atoms with E-state index in [0.717, 1.165) is 5.56 Å². The Morgan fingerprint density at radius 1 is 1.25 bits per heavy atom. The van der Waals surface area contributed by atoms with E-state index in [4.69, 9.17) is 9.85 Å². The van der Waals surface area contributed by atoms with E-state index in [0.29, 0.717) is 22.9 Å². The smallest absolute Gasteiger partial charge is 0.230 e. The number of aromatic nitrogens is 1. The monoisotopic (exact) mass is 399 g/mol. The van der Waals surface area contributed by atoms with Gasteiger partial charge in [0.2, 0.25) is 5.91 Å². The molecule has 0 saturated carbocycles. The molecule has 7 heteroatoms. The van der Waals surface area contributed by atoms with Gasteiger partial charge < -0.3 is 21.5 Å². The SMILES string of the molecule is [2H]C([2H])(NCCc1ccc(NC(=O)Cc2csc(N)n2)cc1)[C@]([2H])(O)c1ccccc1. The van der Waals surface area contributed by atoms with E-state index in [1.165, 1.54) is 23.5 Å². The molecule has 0 unspecified atom stereocenters. The molecule has 6 nitrogen and oxygen atoms in total. The fourth-order valence-electron chi connectivity index (χ4n) is 2.55. The molecule has 0 aliphatic carbocycles. The molecule has 0 saturated heterocycles. The Bertz CT molecular complexity index is 1010. The highest BCUT2D eigenvalue weighted by atomic mass is 32.1. The number of rotatable bonds is 9. The number of benzene rings is 2. The standard InChI is InChI=1S/C21H24N4O2S/c22-21-25-18(14-28-21)12-20(27)24-17-8-6-15(7-9-17)10-11-23-13-19(26)16-4-2-1-3-5-16/h1-9,14,19,23,26H,10-13H2,(H2,22,25)(H,24,27)/t19-/m0/s1/i13D2,19D. The van der Waals surface area contributed by atoms with Gasteiger partial charge in [-0.25, -0.2) is 4.98 Å². The van der Waals surface area contributed by atoms with Crippen LogP contribution in [0.5, 0.6) is 0 Å². The number of carbonyl (C=O) groups excluding carboxylic acids is 1. The summed E-state index contributed by atoms with van der Waals surface area (Å²) in [5, 5.41) is 18.0. The lowest BCUT2D eigenvalue weighted by Crippen LogP contribution is -2.23. The maximum absolute atomic E-state index is 12.1. The predicted octanol–water partition coefficient (Wildman–Crippen LogP) is 2.77. The van der Waals surface area contributed by atoms with E-state index in [9.17, 15) is 9.90 Å². The first-order chi connectivity index (χ1) is 14.7. The van der Waals surface area contributed by atoms with Crippen molar-refractivity contribution in [3.05, 3.63) is 76.8 Å². The summed E-state index contributed by atoms with van der Waals surface area (Å²) in [5.41, 5.74) is 7.93. The molecular formula is C21H24N4O2S. The van der Waals surface area contributed by atoms with E-state index >= 15 is 0 Å². The van der Waals surface area contributed by atoms with Crippen molar-refractivity contribution in [2.24, 2.45) is 0 Å². The molecule has 0 bridgehead atoms. The zero-order chi connectivity index (χ0) is 22.5. The maximum Gasteiger partial charge on any atom is 0.230 e. The minimum Gasteiger partial charge on any atom is -0.387 e. The molecule has 0 aliphatic heterocycles. The fraction of sp³-hybridized carbons (Fsp3) is 0.238. The van der Waals surface area contributed by atoms with Crippen molar-refractivity contribution in [2.75, 3.05) is 24.1 Å². The number of anilines is 2. The van der Waals surface area contributed by atoms with Crippen molar-refractivity contribution >= 4 is 28.1 Å². The predicted molar refractivity (Wildman–Crippen MR) is 113 cm³/mol. The van der Waals surface area contributed by atoms with Crippen LogP contribution in [-0.2, 0) is 17.6 Å². The summed E-state index contributed by atoms with van der Waals surface area (Å²) < 4.78 is 24.3. The van der Waals surface area contributed by atoms with Gasteiger partial charge in [-0.15, -0.1) is 11.3 Å². The molecule has 28 heavy (non-hydrogen) atoms. The minimum atomic E-state index is -2.43. The van der Waals surface area contributed by atoms with Crippen LogP contribution in [0.3, 0.4) is 0 Å². The third-order valence-corrected chi connectivity index (χ3v) is 4.66. The minimum absolute atomic E-state index is 0.145. The van der Waals surface area contributed by atoms with Gasteiger partial charge in [-0.1, -0.05) is 42.5 Å². The Kier molecular flexibility index (Phi) is 5.79. The van der Waals surface area contributed by atoms with E-state index in [1.807, 2.05) is 12.1 Å². The van der Waals surface area contributed by atoms with Crippen LogP contribution < -0.4 is 16.4 Å². The van der Waals surface area contributed by atoms with Crippen LogP contribution in [0.1, 0.15) is 27.0 Å². The summed E-state index contributed by atoms with van der Waals surface area (Å²) in [7, 11) is 0. The molecule has 2 aromatic carbocycles. The molecule has 3 aromatic rings. The first-order valence-electron chi connectivity index (χ1n) is 10.3. The van der Waals surface area contributed by atoms with Crippen molar-refractivity contribution in [3.63, 3.8) is 0 Å². The molecule has 1 atom stereocenters. The molecule has 1 heterocycles. The normalized spacial score (nSPS) is 15.1. The number of nitrogens with two attached hydrogens (primary N) is 1. The maximum atomic E-state index is 12.1. The summed E-state index contributed by atoms with van der Waals surface area (Å²) in [4.78, 5) is 16.2. The van der Waals surface area contributed by atoms with Gasteiger partial charge in [0.15, 0.2) is 5.13 Å². The molecule has 1 amide bonds. The lowest BCUT2D eigenvalue weighted by atomic mass is 10.1. The van der Waals surface area contributed by atoms with Gasteiger partial charge >= 0.3 is 0 Å². The number of nitrogen functional groups attached to an aromatic ring is 1. The van der Waals surface area contributed by atoms with Crippen LogP contribution >= 0.6 is 11.3 Å². The van der Waals surface area contributed by atoms with Crippen LogP contribution in [0.25, 0.3) is 0 Å². The summed E-state index contributed by atoms with van der Waals surface area (Å²) >= 11 is 1.29. The molecule has 1 aromatic heterocycles. The second-order valence-electron chi connectivity index (χ2n) is 6.12. The Hall–Kier alpha value is -2.74. The summed E-state index contributed by atoms with van der Waals surface area (Å²) in [6.45, 7) is -2.13. The second kappa shape index (κ2) is 9.98. The van der Waals surface area contributed by atoms with Crippen LogP contribution in [0.4, 0.5) is 10.8 Å². The number of thiazole rings is 1. The molecular weight excluding hydrogens is 372 g/mol. The van der Waals surface area contributed by atoms with Gasteiger partial charge in [0.05, 0.1) is 19.6 Å². The van der Waals surface area contributed by atoms with E-state index in [2.05, 4.69) is 15.6 Å². The highest BCUT2D eigenvalue weighted by molar-refractivity contribution is 7.13. The number of hydrogen-bond donors (Lipinski definition) is 4. The zero-order valence-electron chi connectivity index (χ0n) is 18.2. The average Bonchev–Trinajstić information content (AvgIpc) is 3.14. The fourth-order valence-corrected chi connectivity index (χ4v) is 3.11. The van der Waals surface area contributed by atoms with Gasteiger partial charge in [-0.3, -0.25) is 4.79 Å². The van der Waals surface area contributed by atoms with Crippen molar-refractivity contribution in [1.29, 1.82) is 0 Å². The Morgan fingerprint density at radius 2 is 2.00 bits per heavy atom. The number of amides is 1. The third kappa shape index (κ3) is 6.16. The van der Waals surface area contributed by atoms with Crippen LogP contribution in [0, 0.1) is 0 Å². The number of nitrogens with one attached hydrogen (secondary N) is 2. The third-order valence-electron chi connectivity index (χ3n) is 3.94. The van der Waals surface area contributed by atoms with Gasteiger partial charge in [0, 0.05) is 20.3 Å². The summed E-state index contributed by atoms with van der Waals surface area (Å²) in [6.07, 6.45) is -1.80. The molecule has 0 radical (unpaired) electrons. The topological polar surface area (TPSA) is 100 Å². The lowest BCUT2D eigenvalue weighted by Gasteiger charge is -2.12. The Balaban J connectivity index is 1.50. The van der Waals surface area contributed by atoms with E-state index in [1.54, 1.807) is 35.7 Å². The lowest BCUT2D eigenvalue weighted by molar-refractivity contribution is -0.115. The second-order valence-corrected chi connectivity index (χ2v) is 7.01. The van der Waals surface area contributed by atoms with Crippen molar-refractivity contribution in [2.45, 2.75) is 18.9 Å². The van der Waals surface area contributed by atoms with Crippen molar-refractivity contribution in [1.82, 2.24) is 10.3 Å². The van der Waals surface area contributed by atoms with E-state index < -0.39 is 12.6 Å². The highest BCUT2D eigenvalue weighted by Crippen LogP contribution is 2.14. The van der Waals surface area contributed by atoms with Gasteiger partial charge in [0.25, 0.3) is 0 Å². The largest absolute Gasteiger partial charge is 0.387 e. The molecule has 5 N–H and O–H groups in total. The first kappa shape index (κ1) is 16.2. The quantitative estimate of drug-likeness (QED) is 0.443. The van der Waals surface area contributed by atoms with Crippen LogP contribution in [0.15, 0.2) is 60.0 Å². The van der Waals surface area contributed by atoms with E-state index in [-0.39, 0.29) is 24.4 Å². The number of carbonyl (C=O) groups is 1. The molecule has 3 rings (SSSR count). The Labute approximate surface area is 172 Å². The number of hydrogen-bond acceptors (Lipinski definition) is 6. The summed E-state index contributed by atoms with van der Waals surface area (Å²) in [5.74, 6) is -0.191. The summed E-state index contributed by atoms with van der Waals surface area (Å²) in [6, 6.07) is 15.3. The number of nitrogens with zero attached hydrogens (tertiary/aromatic N) is 1. The molecule has 0 spiro atoms. The zero-order valence-corrected chi connectivity index (χ0v) is 16.0. The van der Waals surface area contributed by atoms with Crippen LogP contribution in [-0.4, -0.2) is 29.0 Å². The number of aliphatic hydroxyl groups is 1. The van der Waals surface area contributed by atoms with Gasteiger partial charge in [0.1, 0.15) is 0 Å². The van der Waals surface area contributed by atoms with Gasteiger partial charge in [-0.2, -0.15) is 0 Å². The molecule has 146 valence electrons. The Morgan fingerprint density at radius 3 is 2.68 bits per heavy atom. The molecule has 0 aliphatic rings. The van der Waals surface area contributed by atoms with Crippen molar-refractivity contribution < 1.29 is 14.0 Å².